The van der Waals surface area contributed by atoms with Crippen molar-refractivity contribution in [2.75, 3.05) is 7.05 Å². The molecule has 0 saturated carbocycles. The molecule has 0 atom stereocenters. The first-order valence-corrected chi connectivity index (χ1v) is 6.21. The summed E-state index contributed by atoms with van der Waals surface area (Å²) in [5.74, 6) is -0.0865. The predicted octanol–water partition coefficient (Wildman–Crippen LogP) is 0.870. The van der Waals surface area contributed by atoms with E-state index in [0.717, 1.165) is 0 Å². The zero-order valence-corrected chi connectivity index (χ0v) is 9.40. The van der Waals surface area contributed by atoms with Gasteiger partial charge in [0.25, 0.3) is 5.69 Å². The summed E-state index contributed by atoms with van der Waals surface area (Å²) in [5, 5.41) is 10.6. The van der Waals surface area contributed by atoms with Crippen LogP contribution < -0.4 is 0 Å². The minimum absolute atomic E-state index is 0.00792. The van der Waals surface area contributed by atoms with Crippen molar-refractivity contribution in [3.8, 4) is 0 Å². The highest BCUT2D eigenvalue weighted by Crippen LogP contribution is 2.26. The van der Waals surface area contributed by atoms with Crippen LogP contribution in [0.1, 0.15) is 11.1 Å². The third-order valence-corrected chi connectivity index (χ3v) is 4.36. The lowest BCUT2D eigenvalue weighted by Gasteiger charge is -2.24. The van der Waals surface area contributed by atoms with Gasteiger partial charge in [-0.25, -0.2) is 12.7 Å². The van der Waals surface area contributed by atoms with Crippen LogP contribution in [-0.4, -0.2) is 24.7 Å². The Hall–Kier alpha value is -1.47. The molecule has 0 aliphatic carbocycles. The van der Waals surface area contributed by atoms with Crippen LogP contribution in [0.5, 0.6) is 0 Å². The topological polar surface area (TPSA) is 80.5 Å². The first kappa shape index (κ1) is 11.0. The van der Waals surface area contributed by atoms with Crippen LogP contribution in [-0.2, 0) is 22.3 Å². The van der Waals surface area contributed by atoms with Crippen LogP contribution in [0.4, 0.5) is 5.69 Å². The number of fused-ring (bicyclic) bond motifs is 1. The summed E-state index contributed by atoms with van der Waals surface area (Å²) in [4.78, 5) is 10.1. The van der Waals surface area contributed by atoms with Crippen LogP contribution in [0, 0.1) is 10.1 Å². The molecule has 1 aliphatic heterocycles. The monoisotopic (exact) mass is 242 g/mol. The number of nitro groups is 1. The number of nitrogens with zero attached hydrogens (tertiary/aromatic N) is 2. The summed E-state index contributed by atoms with van der Waals surface area (Å²) < 4.78 is 24.3. The minimum Gasteiger partial charge on any atom is -0.258 e. The molecule has 0 N–H and O–H groups in total. The highest BCUT2D eigenvalue weighted by molar-refractivity contribution is 7.88. The zero-order valence-electron chi connectivity index (χ0n) is 8.58. The molecule has 1 aromatic carbocycles. The summed E-state index contributed by atoms with van der Waals surface area (Å²) >= 11 is 0. The van der Waals surface area contributed by atoms with E-state index in [2.05, 4.69) is 0 Å². The van der Waals surface area contributed by atoms with E-state index in [0.29, 0.717) is 11.1 Å². The van der Waals surface area contributed by atoms with Crippen LogP contribution in [0.15, 0.2) is 18.2 Å². The van der Waals surface area contributed by atoms with Gasteiger partial charge in [-0.2, -0.15) is 0 Å². The summed E-state index contributed by atoms with van der Waals surface area (Å²) in [6.45, 7) is 0.194. The van der Waals surface area contributed by atoms with Crippen molar-refractivity contribution in [3.05, 3.63) is 39.4 Å². The molecule has 0 unspecified atom stereocenters. The zero-order chi connectivity index (χ0) is 11.9. The van der Waals surface area contributed by atoms with Gasteiger partial charge in [-0.1, -0.05) is 6.07 Å². The number of hydrogen-bond donors (Lipinski definition) is 0. The van der Waals surface area contributed by atoms with Gasteiger partial charge in [-0.15, -0.1) is 0 Å². The molecule has 1 aromatic rings. The lowest BCUT2D eigenvalue weighted by Crippen LogP contribution is -2.32. The van der Waals surface area contributed by atoms with Crippen molar-refractivity contribution >= 4 is 15.7 Å². The van der Waals surface area contributed by atoms with Gasteiger partial charge in [0.15, 0.2) is 0 Å². The molecule has 0 fully saturated rings. The second-order valence-corrected chi connectivity index (χ2v) is 5.80. The number of non-ortho nitro benzene ring substituents is 1. The Labute approximate surface area is 92.7 Å². The molecule has 0 aromatic heterocycles. The lowest BCUT2D eigenvalue weighted by atomic mass is 10.1. The van der Waals surface area contributed by atoms with E-state index >= 15 is 0 Å². The average Bonchev–Trinajstić information content (AvgIpc) is 2.18. The van der Waals surface area contributed by atoms with E-state index in [1.165, 1.54) is 29.6 Å². The quantitative estimate of drug-likeness (QED) is 0.540. The summed E-state index contributed by atoms with van der Waals surface area (Å²) in [7, 11) is -1.78. The van der Waals surface area contributed by atoms with Crippen molar-refractivity contribution in [2.24, 2.45) is 0 Å². The van der Waals surface area contributed by atoms with Crippen molar-refractivity contribution in [2.45, 2.75) is 12.3 Å². The fourth-order valence-electron chi connectivity index (χ4n) is 1.66. The summed E-state index contributed by atoms with van der Waals surface area (Å²) in [6.07, 6.45) is 0. The fourth-order valence-corrected chi connectivity index (χ4v) is 2.89. The predicted molar refractivity (Wildman–Crippen MR) is 57.2 cm³/mol. The highest BCUT2D eigenvalue weighted by Gasteiger charge is 2.27. The van der Waals surface area contributed by atoms with Gasteiger partial charge in [-0.05, 0) is 11.1 Å². The van der Waals surface area contributed by atoms with Crippen LogP contribution in [0.25, 0.3) is 0 Å². The molecular formula is C9H10N2O4S. The molecule has 1 aliphatic rings. The van der Waals surface area contributed by atoms with E-state index in [4.69, 9.17) is 0 Å². The van der Waals surface area contributed by atoms with Crippen molar-refractivity contribution in [1.29, 1.82) is 0 Å². The average molecular weight is 242 g/mol. The number of nitro benzene ring substituents is 1. The molecule has 86 valence electrons. The van der Waals surface area contributed by atoms with E-state index in [1.54, 1.807) is 0 Å². The van der Waals surface area contributed by atoms with Crippen molar-refractivity contribution in [1.82, 2.24) is 4.31 Å². The third-order valence-electron chi connectivity index (χ3n) is 2.61. The Balaban J connectivity index is 2.48. The molecule has 0 saturated heterocycles. The Morgan fingerprint density at radius 1 is 1.38 bits per heavy atom. The molecule has 2 rings (SSSR count). The molecule has 1 heterocycles. The van der Waals surface area contributed by atoms with Gasteiger partial charge in [0.1, 0.15) is 0 Å². The van der Waals surface area contributed by atoms with Crippen molar-refractivity contribution < 1.29 is 13.3 Å². The number of sulfonamides is 1. The standard InChI is InChI=1S/C9H10N2O4S/c1-10-5-8-4-9(11(12)13)3-2-7(8)6-16(10,14)15/h2-4H,5-6H2,1H3. The fraction of sp³-hybridized carbons (Fsp3) is 0.333. The van der Waals surface area contributed by atoms with E-state index in [1.807, 2.05) is 0 Å². The number of hydrogen-bond acceptors (Lipinski definition) is 4. The van der Waals surface area contributed by atoms with Gasteiger partial charge < -0.3 is 0 Å². The first-order valence-electron chi connectivity index (χ1n) is 4.60. The molecule has 16 heavy (non-hydrogen) atoms. The third kappa shape index (κ3) is 1.79. The lowest BCUT2D eigenvalue weighted by molar-refractivity contribution is -0.384. The van der Waals surface area contributed by atoms with E-state index in [9.17, 15) is 18.5 Å². The Kier molecular flexibility index (Phi) is 2.43. The smallest absolute Gasteiger partial charge is 0.258 e. The Morgan fingerprint density at radius 3 is 2.69 bits per heavy atom. The van der Waals surface area contributed by atoms with Crippen molar-refractivity contribution in [3.63, 3.8) is 0 Å². The molecule has 7 heteroatoms. The maximum Gasteiger partial charge on any atom is 0.269 e. The molecule has 6 nitrogen and oxygen atoms in total. The highest BCUT2D eigenvalue weighted by atomic mass is 32.2. The summed E-state index contributed by atoms with van der Waals surface area (Å²) in [6, 6.07) is 4.28. The van der Waals surface area contributed by atoms with Gasteiger partial charge in [0.05, 0.1) is 10.7 Å². The normalized spacial score (nSPS) is 19.1. The van der Waals surface area contributed by atoms with Crippen LogP contribution >= 0.6 is 0 Å². The van der Waals surface area contributed by atoms with Gasteiger partial charge in [0.2, 0.25) is 10.0 Å². The second kappa shape index (κ2) is 3.53. The largest absolute Gasteiger partial charge is 0.269 e. The molecule has 0 bridgehead atoms. The molecular weight excluding hydrogens is 232 g/mol. The van der Waals surface area contributed by atoms with Crippen LogP contribution in [0.2, 0.25) is 0 Å². The number of benzene rings is 1. The summed E-state index contributed by atoms with van der Waals surface area (Å²) in [5.41, 5.74) is 1.33. The molecule has 0 spiro atoms. The van der Waals surface area contributed by atoms with E-state index in [-0.39, 0.29) is 18.0 Å². The SMILES string of the molecule is CN1Cc2cc([N+](=O)[O-])ccc2CS1(=O)=O. The first-order chi connectivity index (χ1) is 7.40. The molecule has 0 amide bonds. The Morgan fingerprint density at radius 2 is 2.06 bits per heavy atom. The van der Waals surface area contributed by atoms with Crippen LogP contribution in [0.3, 0.4) is 0 Å². The number of rotatable bonds is 1. The van der Waals surface area contributed by atoms with Gasteiger partial charge in [-0.3, -0.25) is 10.1 Å². The second-order valence-electron chi connectivity index (χ2n) is 3.72. The maximum atomic E-state index is 11.6. The van der Waals surface area contributed by atoms with E-state index < -0.39 is 14.9 Å². The molecule has 0 radical (unpaired) electrons. The minimum atomic E-state index is -3.24. The maximum absolute atomic E-state index is 11.6. The van der Waals surface area contributed by atoms with Gasteiger partial charge in [0, 0.05) is 25.7 Å². The van der Waals surface area contributed by atoms with Gasteiger partial charge >= 0.3 is 0 Å². The Bertz CT molecular complexity index is 553.